The van der Waals surface area contributed by atoms with Gasteiger partial charge in [-0.3, -0.25) is 0 Å². The van der Waals surface area contributed by atoms with Gasteiger partial charge in [0.1, 0.15) is 6.61 Å². The van der Waals surface area contributed by atoms with Crippen LogP contribution < -0.4 is 10.6 Å². The molecule has 6 nitrogen and oxygen atoms in total. The van der Waals surface area contributed by atoms with Crippen LogP contribution in [-0.4, -0.2) is 44.4 Å². The van der Waals surface area contributed by atoms with Crippen LogP contribution in [0.4, 0.5) is 9.59 Å². The number of rotatable bonds is 11. The molecule has 0 aromatic carbocycles. The van der Waals surface area contributed by atoms with Crippen molar-refractivity contribution in [3.05, 3.63) is 0 Å². The smallest absolute Gasteiger partial charge is 0.407 e. The van der Waals surface area contributed by atoms with Gasteiger partial charge in [0, 0.05) is 12.4 Å². The third kappa shape index (κ3) is 15.0. The first-order valence-corrected chi connectivity index (χ1v) is 7.97. The lowest BCUT2D eigenvalue weighted by Crippen LogP contribution is -2.32. The second-order valence-corrected chi connectivity index (χ2v) is 5.46. The molecule has 0 aromatic heterocycles. The van der Waals surface area contributed by atoms with E-state index in [9.17, 15) is 9.59 Å². The summed E-state index contributed by atoms with van der Waals surface area (Å²) in [7, 11) is 0. The molecular weight excluding hydrogens is 296 g/mol. The standard InChI is InChI=1S/C14H27ClN2O4/c1-12(2)11-21-14(19)17-9-10-20-13(18)16-8-6-4-3-5-7-15/h12H,3-11H2,1-2H3,(H,16,18)(H,17,19). The van der Waals surface area contributed by atoms with Crippen molar-refractivity contribution in [3.8, 4) is 0 Å². The summed E-state index contributed by atoms with van der Waals surface area (Å²) in [6.07, 6.45) is 3.06. The van der Waals surface area contributed by atoms with Crippen molar-refractivity contribution >= 4 is 23.8 Å². The zero-order chi connectivity index (χ0) is 15.9. The van der Waals surface area contributed by atoms with Gasteiger partial charge >= 0.3 is 12.2 Å². The minimum atomic E-state index is -0.494. The van der Waals surface area contributed by atoms with E-state index in [1.165, 1.54) is 0 Å². The molecule has 0 aliphatic rings. The Labute approximate surface area is 131 Å². The van der Waals surface area contributed by atoms with Crippen LogP contribution in [0.25, 0.3) is 0 Å². The van der Waals surface area contributed by atoms with E-state index in [0.29, 0.717) is 24.9 Å². The maximum Gasteiger partial charge on any atom is 0.407 e. The van der Waals surface area contributed by atoms with Crippen molar-refractivity contribution in [1.82, 2.24) is 10.6 Å². The van der Waals surface area contributed by atoms with E-state index in [1.807, 2.05) is 13.8 Å². The Kier molecular flexibility index (Phi) is 13.0. The van der Waals surface area contributed by atoms with E-state index in [0.717, 1.165) is 25.7 Å². The first-order chi connectivity index (χ1) is 10.1. The molecule has 0 aromatic rings. The number of hydrogen-bond acceptors (Lipinski definition) is 4. The molecule has 0 aliphatic carbocycles. The van der Waals surface area contributed by atoms with E-state index in [1.54, 1.807) is 0 Å². The normalized spacial score (nSPS) is 10.3. The number of unbranched alkanes of at least 4 members (excludes halogenated alkanes) is 3. The highest BCUT2D eigenvalue weighted by molar-refractivity contribution is 6.17. The molecule has 0 saturated carbocycles. The number of ether oxygens (including phenoxy) is 2. The van der Waals surface area contributed by atoms with Gasteiger partial charge in [-0.15, -0.1) is 11.6 Å². The van der Waals surface area contributed by atoms with Gasteiger partial charge in [0.05, 0.1) is 13.2 Å². The summed E-state index contributed by atoms with van der Waals surface area (Å²) in [5.41, 5.74) is 0. The Morgan fingerprint density at radius 2 is 1.57 bits per heavy atom. The summed E-state index contributed by atoms with van der Waals surface area (Å²) >= 11 is 5.56. The van der Waals surface area contributed by atoms with Crippen LogP contribution >= 0.6 is 11.6 Å². The van der Waals surface area contributed by atoms with Gasteiger partial charge in [-0.1, -0.05) is 26.7 Å². The minimum Gasteiger partial charge on any atom is -0.449 e. The SMILES string of the molecule is CC(C)COC(=O)NCCOC(=O)NCCCCCCCl. The zero-order valence-corrected chi connectivity index (χ0v) is 13.7. The molecule has 2 N–H and O–H groups in total. The molecule has 0 atom stereocenters. The fraction of sp³-hybridized carbons (Fsp3) is 0.857. The monoisotopic (exact) mass is 322 g/mol. The molecule has 0 fully saturated rings. The third-order valence-corrected chi connectivity index (χ3v) is 2.75. The highest BCUT2D eigenvalue weighted by Gasteiger charge is 2.04. The van der Waals surface area contributed by atoms with Gasteiger partial charge in [-0.05, 0) is 18.8 Å². The highest BCUT2D eigenvalue weighted by Crippen LogP contribution is 1.99. The highest BCUT2D eigenvalue weighted by atomic mass is 35.5. The van der Waals surface area contributed by atoms with Crippen molar-refractivity contribution in [2.45, 2.75) is 39.5 Å². The Balaban J connectivity index is 3.35. The number of amides is 2. The molecule has 0 rings (SSSR count). The Bertz CT molecular complexity index is 288. The first-order valence-electron chi connectivity index (χ1n) is 7.43. The predicted molar refractivity (Wildman–Crippen MR) is 82.7 cm³/mol. The average molecular weight is 323 g/mol. The van der Waals surface area contributed by atoms with E-state index in [2.05, 4.69) is 10.6 Å². The lowest BCUT2D eigenvalue weighted by Gasteiger charge is -2.09. The summed E-state index contributed by atoms with van der Waals surface area (Å²) < 4.78 is 9.81. The van der Waals surface area contributed by atoms with Crippen LogP contribution in [0, 0.1) is 5.92 Å². The van der Waals surface area contributed by atoms with Crippen molar-refractivity contribution in [2.75, 3.05) is 32.2 Å². The second kappa shape index (κ2) is 13.8. The fourth-order valence-electron chi connectivity index (χ4n) is 1.40. The summed E-state index contributed by atoms with van der Waals surface area (Å²) in [5, 5.41) is 5.15. The molecule has 0 saturated heterocycles. The number of nitrogens with one attached hydrogen (secondary N) is 2. The summed E-state index contributed by atoms with van der Waals surface area (Å²) in [4.78, 5) is 22.5. The van der Waals surface area contributed by atoms with Gasteiger partial charge in [-0.25, -0.2) is 9.59 Å². The van der Waals surface area contributed by atoms with E-state index in [-0.39, 0.29) is 13.2 Å². The van der Waals surface area contributed by atoms with Gasteiger partial charge < -0.3 is 20.1 Å². The van der Waals surface area contributed by atoms with Crippen molar-refractivity contribution < 1.29 is 19.1 Å². The van der Waals surface area contributed by atoms with Gasteiger partial charge in [-0.2, -0.15) is 0 Å². The first kappa shape index (κ1) is 19.8. The van der Waals surface area contributed by atoms with E-state index >= 15 is 0 Å². The van der Waals surface area contributed by atoms with Crippen molar-refractivity contribution in [3.63, 3.8) is 0 Å². The van der Waals surface area contributed by atoms with E-state index in [4.69, 9.17) is 21.1 Å². The van der Waals surface area contributed by atoms with Crippen LogP contribution in [0.5, 0.6) is 0 Å². The van der Waals surface area contributed by atoms with Crippen molar-refractivity contribution in [2.24, 2.45) is 5.92 Å². The van der Waals surface area contributed by atoms with Gasteiger partial charge in [0.2, 0.25) is 0 Å². The molecule has 124 valence electrons. The van der Waals surface area contributed by atoms with Gasteiger partial charge in [0.15, 0.2) is 0 Å². The molecule has 0 radical (unpaired) electrons. The number of hydrogen-bond donors (Lipinski definition) is 2. The van der Waals surface area contributed by atoms with Crippen LogP contribution in [0.2, 0.25) is 0 Å². The zero-order valence-electron chi connectivity index (χ0n) is 13.0. The van der Waals surface area contributed by atoms with E-state index < -0.39 is 12.2 Å². The Hall–Kier alpha value is -1.17. The molecule has 0 unspecified atom stereocenters. The number of alkyl carbamates (subject to hydrolysis) is 2. The topological polar surface area (TPSA) is 76.7 Å². The summed E-state index contributed by atoms with van der Waals surface area (Å²) in [5.74, 6) is 0.976. The molecule has 0 aliphatic heterocycles. The molecule has 0 bridgehead atoms. The third-order valence-electron chi connectivity index (χ3n) is 2.48. The molecule has 7 heteroatoms. The van der Waals surface area contributed by atoms with Crippen LogP contribution in [0.3, 0.4) is 0 Å². The van der Waals surface area contributed by atoms with Crippen LogP contribution in [0.1, 0.15) is 39.5 Å². The Morgan fingerprint density at radius 1 is 0.952 bits per heavy atom. The summed E-state index contributed by atoms with van der Waals surface area (Å²) in [6.45, 7) is 5.23. The number of halogens is 1. The Morgan fingerprint density at radius 3 is 2.24 bits per heavy atom. The summed E-state index contributed by atoms with van der Waals surface area (Å²) in [6, 6.07) is 0. The number of carbonyl (C=O) groups excluding carboxylic acids is 2. The number of carbonyl (C=O) groups is 2. The molecule has 0 spiro atoms. The predicted octanol–water partition coefficient (Wildman–Crippen LogP) is 2.89. The maximum absolute atomic E-state index is 11.3. The van der Waals surface area contributed by atoms with Gasteiger partial charge in [0.25, 0.3) is 0 Å². The quantitative estimate of drug-likeness (QED) is 0.453. The average Bonchev–Trinajstić information content (AvgIpc) is 2.45. The largest absolute Gasteiger partial charge is 0.449 e. The molecule has 21 heavy (non-hydrogen) atoms. The van der Waals surface area contributed by atoms with Crippen LogP contribution in [0.15, 0.2) is 0 Å². The van der Waals surface area contributed by atoms with Crippen LogP contribution in [-0.2, 0) is 9.47 Å². The molecule has 0 heterocycles. The lowest BCUT2D eigenvalue weighted by molar-refractivity contribution is 0.124. The minimum absolute atomic E-state index is 0.120. The molecule has 2 amide bonds. The maximum atomic E-state index is 11.3. The second-order valence-electron chi connectivity index (χ2n) is 5.08. The number of alkyl halides is 1. The van der Waals surface area contributed by atoms with Crippen molar-refractivity contribution in [1.29, 1.82) is 0 Å². The fourth-order valence-corrected chi connectivity index (χ4v) is 1.59. The molecular formula is C14H27ClN2O4. The lowest BCUT2D eigenvalue weighted by atomic mass is 10.2.